The Morgan fingerprint density at radius 3 is 2.35 bits per heavy atom. The molecule has 0 aliphatic heterocycles. The molecule has 112 valence electrons. The molecule has 1 aromatic rings. The first-order valence-corrected chi connectivity index (χ1v) is 6.99. The highest BCUT2D eigenvalue weighted by Gasteiger charge is 2.32. The number of rotatable bonds is 4. The summed E-state index contributed by atoms with van der Waals surface area (Å²) in [5.41, 5.74) is -1.37. The quantitative estimate of drug-likeness (QED) is 0.888. The minimum Gasteiger partial charge on any atom is -0.480 e. The van der Waals surface area contributed by atoms with Crippen molar-refractivity contribution in [3.05, 3.63) is 28.8 Å². The van der Waals surface area contributed by atoms with Crippen molar-refractivity contribution in [2.75, 3.05) is 4.72 Å². The molecule has 0 radical (unpaired) electrons. The predicted molar refractivity (Wildman–Crippen MR) is 66.1 cm³/mol. The number of hydrogen-bond donors (Lipinski definition) is 2. The first kappa shape index (κ1) is 16.6. The first-order chi connectivity index (χ1) is 8.95. The van der Waals surface area contributed by atoms with Crippen LogP contribution in [0.5, 0.6) is 0 Å². The highest BCUT2D eigenvalue weighted by Crippen LogP contribution is 2.34. The van der Waals surface area contributed by atoms with Gasteiger partial charge in [-0.3, -0.25) is 9.52 Å². The van der Waals surface area contributed by atoms with Gasteiger partial charge in [-0.2, -0.15) is 13.2 Å². The van der Waals surface area contributed by atoms with Gasteiger partial charge in [0.05, 0.1) is 16.3 Å². The Morgan fingerprint density at radius 2 is 1.95 bits per heavy atom. The molecule has 5 nitrogen and oxygen atoms in total. The fourth-order valence-corrected chi connectivity index (χ4v) is 2.36. The van der Waals surface area contributed by atoms with Crippen LogP contribution in [0.25, 0.3) is 0 Å². The summed E-state index contributed by atoms with van der Waals surface area (Å²) in [6, 6.07) is 2.00. The molecule has 0 spiro atoms. The Labute approximate surface area is 117 Å². The van der Waals surface area contributed by atoms with Gasteiger partial charge < -0.3 is 5.11 Å². The Bertz CT molecular complexity index is 630. The number of halogens is 4. The lowest BCUT2D eigenvalue weighted by molar-refractivity contribution is -0.138. The van der Waals surface area contributed by atoms with Crippen LogP contribution in [-0.4, -0.2) is 24.7 Å². The van der Waals surface area contributed by atoms with Crippen molar-refractivity contribution >= 4 is 33.3 Å². The number of carbonyl (C=O) groups is 1. The van der Waals surface area contributed by atoms with Gasteiger partial charge in [0.15, 0.2) is 5.25 Å². The van der Waals surface area contributed by atoms with Gasteiger partial charge in [-0.05, 0) is 25.1 Å². The van der Waals surface area contributed by atoms with Gasteiger partial charge in [0.1, 0.15) is 0 Å². The van der Waals surface area contributed by atoms with Crippen LogP contribution in [0.15, 0.2) is 18.2 Å². The molecular formula is C10H9ClF3NO4S. The third kappa shape index (κ3) is 3.76. The average Bonchev–Trinajstić information content (AvgIpc) is 2.29. The van der Waals surface area contributed by atoms with Crippen molar-refractivity contribution in [1.82, 2.24) is 0 Å². The van der Waals surface area contributed by atoms with E-state index in [1.54, 1.807) is 0 Å². The lowest BCUT2D eigenvalue weighted by atomic mass is 10.2. The number of nitrogens with one attached hydrogen (secondary N) is 1. The van der Waals surface area contributed by atoms with E-state index in [0.717, 1.165) is 13.0 Å². The van der Waals surface area contributed by atoms with Gasteiger partial charge in [-0.1, -0.05) is 11.6 Å². The van der Waals surface area contributed by atoms with E-state index in [4.69, 9.17) is 16.7 Å². The number of carboxylic acid groups (broad SMARTS) is 1. The second-order valence-electron chi connectivity index (χ2n) is 3.82. The highest BCUT2D eigenvalue weighted by atomic mass is 35.5. The zero-order valence-corrected chi connectivity index (χ0v) is 11.5. The summed E-state index contributed by atoms with van der Waals surface area (Å²) in [5.74, 6) is -1.60. The SMILES string of the molecule is CC(C(=O)O)S(=O)(=O)Nc1ccc(C(F)(F)F)cc1Cl. The van der Waals surface area contributed by atoms with E-state index >= 15 is 0 Å². The normalized spacial score (nSPS) is 13.8. The van der Waals surface area contributed by atoms with E-state index in [1.807, 2.05) is 4.72 Å². The van der Waals surface area contributed by atoms with Crippen molar-refractivity contribution in [3.63, 3.8) is 0 Å². The second kappa shape index (κ2) is 5.49. The summed E-state index contributed by atoms with van der Waals surface area (Å²) < 4.78 is 62.2. The molecule has 0 aliphatic carbocycles. The van der Waals surface area contributed by atoms with Crippen LogP contribution in [-0.2, 0) is 21.0 Å². The molecule has 0 heterocycles. The second-order valence-corrected chi connectivity index (χ2v) is 6.23. The van der Waals surface area contributed by atoms with E-state index in [-0.39, 0.29) is 5.69 Å². The number of sulfonamides is 1. The fourth-order valence-electron chi connectivity index (χ4n) is 1.15. The lowest BCUT2D eigenvalue weighted by Gasteiger charge is -2.14. The monoisotopic (exact) mass is 331 g/mol. The van der Waals surface area contributed by atoms with Crippen molar-refractivity contribution in [2.45, 2.75) is 18.3 Å². The number of anilines is 1. The molecule has 1 unspecified atom stereocenters. The topological polar surface area (TPSA) is 83.5 Å². The molecule has 0 saturated heterocycles. The van der Waals surface area contributed by atoms with Crippen molar-refractivity contribution in [3.8, 4) is 0 Å². The average molecular weight is 332 g/mol. The molecule has 1 rings (SSSR count). The van der Waals surface area contributed by atoms with Gasteiger partial charge in [-0.15, -0.1) is 0 Å². The summed E-state index contributed by atoms with van der Waals surface area (Å²) >= 11 is 5.55. The number of benzene rings is 1. The van der Waals surface area contributed by atoms with Crippen molar-refractivity contribution in [2.24, 2.45) is 0 Å². The summed E-state index contributed by atoms with van der Waals surface area (Å²) in [5, 5.41) is 6.35. The zero-order valence-electron chi connectivity index (χ0n) is 9.90. The largest absolute Gasteiger partial charge is 0.480 e. The summed E-state index contributed by atoms with van der Waals surface area (Å²) in [7, 11) is -4.30. The zero-order chi connectivity index (χ0) is 15.7. The Kier molecular flexibility index (Phi) is 4.55. The maximum absolute atomic E-state index is 12.4. The smallest absolute Gasteiger partial charge is 0.416 e. The lowest BCUT2D eigenvalue weighted by Crippen LogP contribution is -2.32. The summed E-state index contributed by atoms with van der Waals surface area (Å²) in [6.45, 7) is 0.919. The van der Waals surface area contributed by atoms with E-state index in [9.17, 15) is 26.4 Å². The van der Waals surface area contributed by atoms with Crippen LogP contribution in [0.3, 0.4) is 0 Å². The van der Waals surface area contributed by atoms with Gasteiger partial charge >= 0.3 is 12.1 Å². The summed E-state index contributed by atoms with van der Waals surface area (Å²) in [6.07, 6.45) is -4.62. The van der Waals surface area contributed by atoms with Gasteiger partial charge in [0.2, 0.25) is 10.0 Å². The van der Waals surface area contributed by atoms with Gasteiger partial charge in [0.25, 0.3) is 0 Å². The molecule has 0 amide bonds. The van der Waals surface area contributed by atoms with Crippen LogP contribution in [0.4, 0.5) is 18.9 Å². The Morgan fingerprint density at radius 1 is 1.40 bits per heavy atom. The van der Waals surface area contributed by atoms with Crippen LogP contribution in [0, 0.1) is 0 Å². The van der Waals surface area contributed by atoms with Crippen LogP contribution >= 0.6 is 11.6 Å². The number of hydrogen-bond acceptors (Lipinski definition) is 3. The van der Waals surface area contributed by atoms with Crippen molar-refractivity contribution < 1.29 is 31.5 Å². The highest BCUT2D eigenvalue weighted by molar-refractivity contribution is 7.94. The Balaban J connectivity index is 3.09. The number of aliphatic carboxylic acids is 1. The van der Waals surface area contributed by atoms with Crippen molar-refractivity contribution in [1.29, 1.82) is 0 Å². The number of alkyl halides is 3. The molecule has 0 bridgehead atoms. The third-order valence-corrected chi connectivity index (χ3v) is 4.31. The molecule has 1 aromatic carbocycles. The molecule has 20 heavy (non-hydrogen) atoms. The third-order valence-electron chi connectivity index (χ3n) is 2.36. The minimum atomic E-state index is -4.62. The standard InChI is InChI=1S/C10H9ClF3NO4S/c1-5(9(16)17)20(18,19)15-8-3-2-6(4-7(8)11)10(12,13)14/h2-5,15H,1H3,(H,16,17). The predicted octanol–water partition coefficient (Wildman–Crippen LogP) is 2.57. The molecule has 0 aromatic heterocycles. The fraction of sp³-hybridized carbons (Fsp3) is 0.300. The molecule has 2 N–H and O–H groups in total. The Hall–Kier alpha value is -1.48. The molecule has 0 fully saturated rings. The van der Waals surface area contributed by atoms with Gasteiger partial charge in [-0.25, -0.2) is 8.42 Å². The van der Waals surface area contributed by atoms with Crippen LogP contribution in [0.2, 0.25) is 5.02 Å². The van der Waals surface area contributed by atoms with Gasteiger partial charge in [0, 0.05) is 0 Å². The molecule has 0 saturated carbocycles. The van der Waals surface area contributed by atoms with E-state index in [2.05, 4.69) is 0 Å². The maximum Gasteiger partial charge on any atom is 0.416 e. The first-order valence-electron chi connectivity index (χ1n) is 5.06. The minimum absolute atomic E-state index is 0.326. The maximum atomic E-state index is 12.4. The summed E-state index contributed by atoms with van der Waals surface area (Å²) in [4.78, 5) is 10.6. The van der Waals surface area contributed by atoms with E-state index < -0.39 is 38.0 Å². The molecule has 1 atom stereocenters. The molecular weight excluding hydrogens is 323 g/mol. The molecule has 0 aliphatic rings. The number of carboxylic acids is 1. The molecule has 10 heteroatoms. The van der Waals surface area contributed by atoms with E-state index in [0.29, 0.717) is 12.1 Å². The van der Waals surface area contributed by atoms with Crippen LogP contribution < -0.4 is 4.72 Å². The van der Waals surface area contributed by atoms with E-state index in [1.165, 1.54) is 0 Å². The van der Waals surface area contributed by atoms with Crippen LogP contribution in [0.1, 0.15) is 12.5 Å².